The van der Waals surface area contributed by atoms with Gasteiger partial charge in [-0.25, -0.2) is 9.97 Å². The molecule has 128 valence electrons. The van der Waals surface area contributed by atoms with Crippen LogP contribution in [0, 0.1) is 13.8 Å². The van der Waals surface area contributed by atoms with Crippen molar-refractivity contribution in [2.24, 2.45) is 0 Å². The number of nitrogens with one attached hydrogen (secondary N) is 2. The number of alkyl halides is 2. The molecule has 0 spiro atoms. The van der Waals surface area contributed by atoms with Crippen LogP contribution in [-0.4, -0.2) is 22.5 Å². The fourth-order valence-electron chi connectivity index (χ4n) is 1.90. The van der Waals surface area contributed by atoms with Gasteiger partial charge in [0.1, 0.15) is 0 Å². The molecule has 2 aromatic rings. The summed E-state index contributed by atoms with van der Waals surface area (Å²) in [5.74, 6) is -1.13. The average molecular weight is 377 g/mol. The van der Waals surface area contributed by atoms with E-state index in [1.807, 2.05) is 0 Å². The number of nitrogens with zero attached hydrogens (tertiary/aromatic N) is 2. The van der Waals surface area contributed by atoms with E-state index in [1.54, 1.807) is 19.9 Å². The molecule has 1 amide bonds. The van der Waals surface area contributed by atoms with E-state index in [2.05, 4.69) is 25.6 Å². The number of hydrogen-bond donors (Lipinski definition) is 2. The fourth-order valence-corrected chi connectivity index (χ4v) is 2.44. The number of rotatable bonds is 5. The van der Waals surface area contributed by atoms with Crippen LogP contribution in [0.2, 0.25) is 10.0 Å². The second-order valence-electron chi connectivity index (χ2n) is 4.70. The molecule has 0 aliphatic carbocycles. The number of aromatic nitrogens is 2. The lowest BCUT2D eigenvalue weighted by Gasteiger charge is -2.13. The van der Waals surface area contributed by atoms with Gasteiger partial charge in [0.25, 0.3) is 5.91 Å². The zero-order valence-electron chi connectivity index (χ0n) is 12.5. The summed E-state index contributed by atoms with van der Waals surface area (Å²) >= 11 is 11.6. The number of amides is 1. The van der Waals surface area contributed by atoms with E-state index in [0.717, 1.165) is 6.07 Å². The minimum Gasteiger partial charge on any atom is -0.432 e. The van der Waals surface area contributed by atoms with Gasteiger partial charge < -0.3 is 4.74 Å². The summed E-state index contributed by atoms with van der Waals surface area (Å²) in [6, 6.07) is 4.10. The lowest BCUT2D eigenvalue weighted by molar-refractivity contribution is -0.0501. The number of hydrazine groups is 1. The highest BCUT2D eigenvalue weighted by Gasteiger charge is 2.20. The number of benzene rings is 1. The van der Waals surface area contributed by atoms with Gasteiger partial charge in [0.05, 0.1) is 10.6 Å². The van der Waals surface area contributed by atoms with E-state index >= 15 is 0 Å². The summed E-state index contributed by atoms with van der Waals surface area (Å²) < 4.78 is 29.3. The van der Waals surface area contributed by atoms with Gasteiger partial charge in [-0.05, 0) is 32.0 Å². The van der Waals surface area contributed by atoms with Crippen LogP contribution in [0.4, 0.5) is 14.7 Å². The molecule has 0 unspecified atom stereocenters. The van der Waals surface area contributed by atoms with E-state index in [9.17, 15) is 13.6 Å². The fraction of sp³-hybridized carbons (Fsp3) is 0.214. The summed E-state index contributed by atoms with van der Waals surface area (Å²) in [5, 5.41) is -0.120. The van der Waals surface area contributed by atoms with Gasteiger partial charge in [-0.1, -0.05) is 23.2 Å². The van der Waals surface area contributed by atoms with Crippen LogP contribution in [0.3, 0.4) is 0 Å². The normalized spacial score (nSPS) is 10.6. The molecule has 0 saturated carbocycles. The Kier molecular flexibility index (Phi) is 5.74. The number of hydrogen-bond acceptors (Lipinski definition) is 5. The Morgan fingerprint density at radius 3 is 2.38 bits per heavy atom. The number of aryl methyl sites for hydroxylation is 2. The van der Waals surface area contributed by atoms with E-state index < -0.39 is 18.3 Å². The summed E-state index contributed by atoms with van der Waals surface area (Å²) in [5.41, 5.74) is 5.89. The predicted molar refractivity (Wildman–Crippen MR) is 85.7 cm³/mol. The first kappa shape index (κ1) is 18.2. The van der Waals surface area contributed by atoms with Crippen LogP contribution in [0.15, 0.2) is 18.2 Å². The molecule has 0 radical (unpaired) electrons. The minimum atomic E-state index is -3.15. The van der Waals surface area contributed by atoms with Gasteiger partial charge in [-0.3, -0.25) is 15.6 Å². The van der Waals surface area contributed by atoms with Crippen LogP contribution in [0.25, 0.3) is 0 Å². The Hall–Kier alpha value is -2.19. The maximum Gasteiger partial charge on any atom is 0.387 e. The molecule has 2 N–H and O–H groups in total. The molecule has 0 aliphatic heterocycles. The van der Waals surface area contributed by atoms with Crippen LogP contribution in [0.1, 0.15) is 21.7 Å². The molecular weight excluding hydrogens is 365 g/mol. The first-order chi connectivity index (χ1) is 11.3. The van der Waals surface area contributed by atoms with E-state index in [0.29, 0.717) is 11.4 Å². The average Bonchev–Trinajstić information content (AvgIpc) is 2.46. The monoisotopic (exact) mass is 376 g/mol. The van der Waals surface area contributed by atoms with E-state index in [4.69, 9.17) is 23.2 Å². The molecule has 0 aliphatic rings. The molecule has 0 atom stereocenters. The standard InChI is InChI=1S/C14H12Cl2F2N4O2/c1-6-3-7(2)20-14(19-6)22-21-12(23)9-4-8(15)5-10(16)11(9)24-13(17)18/h3-5,13H,1-2H3,(H,21,23)(H,19,20,22). The van der Waals surface area contributed by atoms with Crippen molar-refractivity contribution in [3.8, 4) is 5.75 Å². The van der Waals surface area contributed by atoms with Gasteiger partial charge in [-0.2, -0.15) is 8.78 Å². The Labute approximate surface area is 146 Å². The van der Waals surface area contributed by atoms with Gasteiger partial charge in [0.15, 0.2) is 5.75 Å². The third-order valence-corrected chi connectivity index (χ3v) is 3.23. The van der Waals surface area contributed by atoms with Crippen LogP contribution in [0.5, 0.6) is 5.75 Å². The first-order valence-corrected chi connectivity index (χ1v) is 7.34. The quantitative estimate of drug-likeness (QED) is 0.777. The highest BCUT2D eigenvalue weighted by atomic mass is 35.5. The Bertz CT molecular complexity index is 754. The Morgan fingerprint density at radius 1 is 1.17 bits per heavy atom. The largest absolute Gasteiger partial charge is 0.432 e. The summed E-state index contributed by atoms with van der Waals surface area (Å²) in [4.78, 5) is 20.4. The van der Waals surface area contributed by atoms with Crippen molar-refractivity contribution >= 4 is 35.1 Å². The van der Waals surface area contributed by atoms with Crippen molar-refractivity contribution in [3.05, 3.63) is 45.2 Å². The molecule has 0 fully saturated rings. The maximum absolute atomic E-state index is 12.5. The minimum absolute atomic E-state index is 0.0921. The van der Waals surface area contributed by atoms with Crippen LogP contribution < -0.4 is 15.6 Å². The molecule has 1 heterocycles. The summed E-state index contributed by atoms with van der Waals surface area (Å²) in [7, 11) is 0. The molecule has 1 aromatic heterocycles. The van der Waals surface area contributed by atoms with Gasteiger partial charge in [0, 0.05) is 16.4 Å². The summed E-state index contributed by atoms with van der Waals surface area (Å²) in [6.07, 6.45) is 0. The van der Waals surface area contributed by atoms with Gasteiger partial charge in [-0.15, -0.1) is 0 Å². The zero-order valence-corrected chi connectivity index (χ0v) is 14.0. The number of ether oxygens (including phenoxy) is 1. The smallest absolute Gasteiger partial charge is 0.387 e. The maximum atomic E-state index is 12.5. The number of halogens is 4. The number of anilines is 1. The van der Waals surface area contributed by atoms with Gasteiger partial charge in [0.2, 0.25) is 5.95 Å². The molecule has 1 aromatic carbocycles. The highest BCUT2D eigenvalue weighted by Crippen LogP contribution is 2.33. The third kappa shape index (κ3) is 4.65. The molecule has 2 rings (SSSR count). The third-order valence-electron chi connectivity index (χ3n) is 2.73. The molecule has 10 heteroatoms. The Balaban J connectivity index is 2.22. The predicted octanol–water partition coefficient (Wildman–Crippen LogP) is 3.76. The first-order valence-electron chi connectivity index (χ1n) is 6.58. The lowest BCUT2D eigenvalue weighted by Crippen LogP contribution is -2.31. The molecule has 0 saturated heterocycles. The molecular formula is C14H12Cl2F2N4O2. The Morgan fingerprint density at radius 2 is 1.79 bits per heavy atom. The number of carbonyl (C=O) groups is 1. The molecule has 6 nitrogen and oxygen atoms in total. The van der Waals surface area contributed by atoms with Crippen molar-refractivity contribution in [1.29, 1.82) is 0 Å². The van der Waals surface area contributed by atoms with Crippen molar-refractivity contribution in [3.63, 3.8) is 0 Å². The SMILES string of the molecule is Cc1cc(C)nc(NNC(=O)c2cc(Cl)cc(Cl)c2OC(F)F)n1. The summed E-state index contributed by atoms with van der Waals surface area (Å²) in [6.45, 7) is 0.367. The second-order valence-corrected chi connectivity index (χ2v) is 5.54. The second kappa shape index (κ2) is 7.59. The van der Waals surface area contributed by atoms with Gasteiger partial charge >= 0.3 is 6.61 Å². The van der Waals surface area contributed by atoms with Crippen molar-refractivity contribution < 1.29 is 18.3 Å². The van der Waals surface area contributed by atoms with Crippen molar-refractivity contribution in [1.82, 2.24) is 15.4 Å². The topological polar surface area (TPSA) is 76.1 Å². The lowest BCUT2D eigenvalue weighted by atomic mass is 10.2. The van der Waals surface area contributed by atoms with Crippen molar-refractivity contribution in [2.75, 3.05) is 5.43 Å². The van der Waals surface area contributed by atoms with Crippen LogP contribution >= 0.6 is 23.2 Å². The van der Waals surface area contributed by atoms with Crippen molar-refractivity contribution in [2.45, 2.75) is 20.5 Å². The zero-order chi connectivity index (χ0) is 17.9. The van der Waals surface area contributed by atoms with Crippen LogP contribution in [-0.2, 0) is 0 Å². The number of carbonyl (C=O) groups excluding carboxylic acids is 1. The van der Waals surface area contributed by atoms with E-state index in [-0.39, 0.29) is 21.6 Å². The highest BCUT2D eigenvalue weighted by molar-refractivity contribution is 6.36. The van der Waals surface area contributed by atoms with E-state index in [1.165, 1.54) is 6.07 Å². The molecule has 24 heavy (non-hydrogen) atoms. The molecule has 0 bridgehead atoms.